The van der Waals surface area contributed by atoms with E-state index in [1.807, 2.05) is 4.98 Å². The van der Waals surface area contributed by atoms with Crippen molar-refractivity contribution in [3.8, 4) is 16.9 Å². The monoisotopic (exact) mass is 492 g/mol. The van der Waals surface area contributed by atoms with E-state index in [-0.39, 0.29) is 22.0 Å². The van der Waals surface area contributed by atoms with Crippen molar-refractivity contribution in [1.82, 2.24) is 15.0 Å². The Morgan fingerprint density at radius 2 is 1.85 bits per heavy atom. The second-order valence-corrected chi connectivity index (χ2v) is 7.88. The Balaban J connectivity index is 2.12. The number of methoxy groups -OCH3 is 1. The molecule has 0 amide bonds. The van der Waals surface area contributed by atoms with Gasteiger partial charge in [-0.2, -0.15) is 0 Å². The SMILES string of the molecule is COc1ccc(-c2c(C(=O)O)c(N)[nH]c(=O)c2C(=O)O)cc1CSc1nc(C)cc(C(F)F)n1. The number of thioether (sulfide) groups is 1. The van der Waals surface area contributed by atoms with E-state index in [1.165, 1.54) is 31.4 Å². The van der Waals surface area contributed by atoms with Crippen molar-refractivity contribution in [1.29, 1.82) is 0 Å². The lowest BCUT2D eigenvalue weighted by Gasteiger charge is -2.15. The summed E-state index contributed by atoms with van der Waals surface area (Å²) in [6.07, 6.45) is -2.77. The maximum atomic E-state index is 13.1. The smallest absolute Gasteiger partial charge is 0.342 e. The topological polar surface area (TPSA) is 168 Å². The highest BCUT2D eigenvalue weighted by Gasteiger charge is 2.27. The molecule has 1 aromatic carbocycles. The Bertz CT molecular complexity index is 1350. The van der Waals surface area contributed by atoms with Gasteiger partial charge in [-0.1, -0.05) is 17.8 Å². The molecule has 3 aromatic rings. The van der Waals surface area contributed by atoms with E-state index < -0.39 is 46.6 Å². The van der Waals surface area contributed by atoms with E-state index >= 15 is 0 Å². The molecule has 0 spiro atoms. The number of anilines is 1. The van der Waals surface area contributed by atoms with Crippen LogP contribution in [0.5, 0.6) is 5.75 Å². The van der Waals surface area contributed by atoms with Crippen LogP contribution >= 0.6 is 11.8 Å². The van der Waals surface area contributed by atoms with Crippen LogP contribution < -0.4 is 16.0 Å². The normalized spacial score (nSPS) is 11.0. The number of carbonyl (C=O) groups is 2. The van der Waals surface area contributed by atoms with Crippen LogP contribution in [-0.2, 0) is 5.75 Å². The van der Waals surface area contributed by atoms with Gasteiger partial charge in [0.25, 0.3) is 12.0 Å². The Labute approximate surface area is 194 Å². The fraction of sp³-hybridized carbons (Fsp3) is 0.190. The Morgan fingerprint density at radius 3 is 2.44 bits per heavy atom. The zero-order valence-electron chi connectivity index (χ0n) is 17.8. The minimum Gasteiger partial charge on any atom is -0.496 e. The zero-order valence-corrected chi connectivity index (χ0v) is 18.6. The van der Waals surface area contributed by atoms with Gasteiger partial charge in [0.15, 0.2) is 5.16 Å². The van der Waals surface area contributed by atoms with Crippen LogP contribution in [0.25, 0.3) is 11.1 Å². The molecule has 13 heteroatoms. The van der Waals surface area contributed by atoms with Crippen LogP contribution in [-0.4, -0.2) is 44.2 Å². The standard InChI is InChI=1S/C21H18F2N4O6S/c1-8-5-11(16(22)23)26-21(25-8)34-7-10-6-9(3-4-12(10)33-2)13-14(19(29)30)17(24)27-18(28)15(13)20(31)32/h3-6,16H,7H2,1-2H3,(H,29,30)(H,31,32)(H3,24,27,28). The number of nitrogens with two attached hydrogens (primary N) is 1. The average molecular weight is 492 g/mol. The third kappa shape index (κ3) is 4.98. The van der Waals surface area contributed by atoms with Gasteiger partial charge in [-0.15, -0.1) is 0 Å². The van der Waals surface area contributed by atoms with Crippen LogP contribution in [0.15, 0.2) is 34.2 Å². The van der Waals surface area contributed by atoms with Gasteiger partial charge < -0.3 is 25.7 Å². The fourth-order valence-corrected chi connectivity index (χ4v) is 4.15. The molecule has 0 fully saturated rings. The number of nitrogens with zero attached hydrogens (tertiary/aromatic N) is 2. The van der Waals surface area contributed by atoms with Gasteiger partial charge in [-0.3, -0.25) is 4.79 Å². The Kier molecular flexibility index (Phi) is 7.15. The number of nitrogen functional groups attached to an aromatic ring is 1. The minimum absolute atomic E-state index is 0.0839. The molecule has 0 aliphatic rings. The third-order valence-corrected chi connectivity index (χ3v) is 5.57. The molecular formula is C21H18F2N4O6S. The van der Waals surface area contributed by atoms with Gasteiger partial charge in [0.1, 0.15) is 28.4 Å². The van der Waals surface area contributed by atoms with Crippen LogP contribution in [0.3, 0.4) is 0 Å². The van der Waals surface area contributed by atoms with Crippen molar-refractivity contribution in [3.05, 3.63) is 62.7 Å². The zero-order chi connectivity index (χ0) is 25.2. The van der Waals surface area contributed by atoms with Crippen molar-refractivity contribution in [2.45, 2.75) is 24.3 Å². The first-order valence-electron chi connectivity index (χ1n) is 9.49. The number of halogens is 2. The highest BCUT2D eigenvalue weighted by Crippen LogP contribution is 2.35. The number of hydrogen-bond donors (Lipinski definition) is 4. The van der Waals surface area contributed by atoms with Crippen molar-refractivity contribution in [3.63, 3.8) is 0 Å². The number of carboxylic acid groups (broad SMARTS) is 2. The number of H-pyrrole nitrogens is 1. The summed E-state index contributed by atoms with van der Waals surface area (Å²) in [5.74, 6) is -3.22. The van der Waals surface area contributed by atoms with Crippen molar-refractivity contribution < 1.29 is 33.3 Å². The molecule has 178 valence electrons. The molecule has 5 N–H and O–H groups in total. The molecule has 2 aromatic heterocycles. The molecule has 34 heavy (non-hydrogen) atoms. The Morgan fingerprint density at radius 1 is 1.18 bits per heavy atom. The molecule has 0 saturated carbocycles. The number of pyridine rings is 1. The van der Waals surface area contributed by atoms with Crippen molar-refractivity contribution in [2.75, 3.05) is 12.8 Å². The molecule has 0 radical (unpaired) electrons. The molecule has 0 aliphatic carbocycles. The van der Waals surface area contributed by atoms with Crippen LogP contribution in [0.2, 0.25) is 0 Å². The summed E-state index contributed by atoms with van der Waals surface area (Å²) in [5, 5.41) is 19.3. The average Bonchev–Trinajstić information content (AvgIpc) is 2.75. The van der Waals surface area contributed by atoms with Crippen molar-refractivity contribution in [2.24, 2.45) is 0 Å². The molecule has 0 saturated heterocycles. The van der Waals surface area contributed by atoms with Crippen LogP contribution in [0.4, 0.5) is 14.6 Å². The lowest BCUT2D eigenvalue weighted by molar-refractivity contribution is 0.0695. The van der Waals surface area contributed by atoms with E-state index in [9.17, 15) is 33.4 Å². The van der Waals surface area contributed by atoms with Gasteiger partial charge in [0, 0.05) is 22.6 Å². The van der Waals surface area contributed by atoms with Gasteiger partial charge in [0.05, 0.1) is 7.11 Å². The second-order valence-electron chi connectivity index (χ2n) is 6.94. The van der Waals surface area contributed by atoms with Gasteiger partial charge in [-0.25, -0.2) is 28.3 Å². The number of nitrogens with one attached hydrogen (secondary N) is 1. The molecule has 0 atom stereocenters. The Hall–Kier alpha value is -4.00. The van der Waals surface area contributed by atoms with Gasteiger partial charge in [-0.05, 0) is 30.7 Å². The number of hydrogen-bond acceptors (Lipinski definition) is 8. The largest absolute Gasteiger partial charge is 0.496 e. The summed E-state index contributed by atoms with van der Waals surface area (Å²) < 4.78 is 31.4. The molecule has 0 unspecified atom stereocenters. The van der Waals surface area contributed by atoms with Crippen LogP contribution in [0, 0.1) is 6.92 Å². The van der Waals surface area contributed by atoms with E-state index in [0.717, 1.165) is 11.8 Å². The predicted octanol–water partition coefficient (Wildman–Crippen LogP) is 3.36. The number of alkyl halides is 2. The first kappa shape index (κ1) is 24.6. The maximum Gasteiger partial charge on any atom is 0.342 e. The summed E-state index contributed by atoms with van der Waals surface area (Å²) in [6.45, 7) is 1.55. The number of ether oxygens (including phenoxy) is 1. The van der Waals surface area contributed by atoms with Gasteiger partial charge >= 0.3 is 11.9 Å². The number of carboxylic acids is 2. The molecular weight excluding hydrogens is 474 g/mol. The number of aromatic nitrogens is 3. The minimum atomic E-state index is -2.77. The third-order valence-electron chi connectivity index (χ3n) is 4.68. The number of aromatic amines is 1. The maximum absolute atomic E-state index is 13.1. The highest BCUT2D eigenvalue weighted by atomic mass is 32.2. The lowest BCUT2D eigenvalue weighted by Crippen LogP contribution is -2.24. The summed E-state index contributed by atoms with van der Waals surface area (Å²) in [7, 11) is 1.39. The first-order valence-corrected chi connectivity index (χ1v) is 10.5. The number of aromatic carboxylic acids is 2. The molecule has 10 nitrogen and oxygen atoms in total. The number of benzene rings is 1. The number of rotatable bonds is 8. The van der Waals surface area contributed by atoms with Gasteiger partial charge in [0.2, 0.25) is 0 Å². The lowest BCUT2D eigenvalue weighted by atomic mass is 9.94. The van der Waals surface area contributed by atoms with Crippen LogP contribution in [0.1, 0.15) is 44.1 Å². The van der Waals surface area contributed by atoms with E-state index in [2.05, 4.69) is 9.97 Å². The summed E-state index contributed by atoms with van der Waals surface area (Å²) in [4.78, 5) is 45.9. The first-order chi connectivity index (χ1) is 16.0. The molecule has 0 aliphatic heterocycles. The van der Waals surface area contributed by atoms with Crippen molar-refractivity contribution >= 4 is 29.5 Å². The summed E-state index contributed by atoms with van der Waals surface area (Å²) in [5.41, 5.74) is 3.32. The fourth-order valence-electron chi connectivity index (χ4n) is 3.27. The van der Waals surface area contributed by atoms with E-state index in [4.69, 9.17) is 10.5 Å². The summed E-state index contributed by atoms with van der Waals surface area (Å²) in [6, 6.07) is 5.45. The predicted molar refractivity (Wildman–Crippen MR) is 119 cm³/mol. The van der Waals surface area contributed by atoms with E-state index in [0.29, 0.717) is 17.0 Å². The molecule has 0 bridgehead atoms. The molecule has 3 rings (SSSR count). The summed E-state index contributed by atoms with van der Waals surface area (Å²) >= 11 is 1.02. The van der Waals surface area contributed by atoms with E-state index in [1.54, 1.807) is 6.92 Å². The molecule has 2 heterocycles. The quantitative estimate of drug-likeness (QED) is 0.270. The highest BCUT2D eigenvalue weighted by molar-refractivity contribution is 7.98. The second kappa shape index (κ2) is 9.87. The number of aryl methyl sites for hydroxylation is 1.